The molecule has 34 heteroatoms. The Labute approximate surface area is 766 Å². The molecule has 0 spiro atoms. The molecule has 0 bridgehead atoms. The Morgan fingerprint density at radius 1 is 0.527 bits per heavy atom. The number of fused-ring (bicyclic) bond motifs is 1. The fourth-order valence-electron chi connectivity index (χ4n) is 14.5. The third-order valence-corrected chi connectivity index (χ3v) is 27.2. The number of aryl methyl sites for hydroxylation is 5. The van der Waals surface area contributed by atoms with Gasteiger partial charge in [-0.3, -0.25) is 38.2 Å². The predicted molar refractivity (Wildman–Crippen MR) is 492 cm³/mol. The summed E-state index contributed by atoms with van der Waals surface area (Å²) in [7, 11) is -2.07. The molecule has 3 saturated heterocycles. The second kappa shape index (κ2) is 39.3. The Balaban J connectivity index is 0.000000138. The van der Waals surface area contributed by atoms with E-state index in [1.165, 1.54) is 41.9 Å². The quantitative estimate of drug-likeness (QED) is 0.0595. The molecule has 2 N–H and O–H groups in total. The number of nitrogens with zero attached hydrogens (tertiary/aromatic N) is 23. The molecule has 3 aliphatic heterocycles. The number of H-pyrrole nitrogens is 2. The molecule has 0 aliphatic carbocycles. The van der Waals surface area contributed by atoms with E-state index in [0.29, 0.717) is 81.4 Å². The third-order valence-electron chi connectivity index (χ3n) is 22.7. The van der Waals surface area contributed by atoms with Crippen LogP contribution in [0.25, 0.3) is 89.5 Å². The lowest BCUT2D eigenvalue weighted by Crippen LogP contribution is -2.46. The molecule has 0 saturated carbocycles. The molecular weight excluding hydrogens is 1650 g/mol. The average Bonchev–Trinajstić information content (AvgIpc) is 1.59. The first-order valence-electron chi connectivity index (χ1n) is 49.3. The molecule has 660 valence electrons. The van der Waals surface area contributed by atoms with Gasteiger partial charge in [-0.2, -0.15) is 4.68 Å². The largest absolute Gasteiger partial charge is 0.409 e. The van der Waals surface area contributed by atoms with Crippen molar-refractivity contribution in [3.05, 3.63) is 319 Å². The number of hydrogen-bond donors (Lipinski definition) is 2. The molecule has 0 amide bonds. The van der Waals surface area contributed by atoms with E-state index in [-0.39, 0.29) is 101 Å². The lowest BCUT2D eigenvalue weighted by atomic mass is 9.99. The number of nitrogens with one attached hydrogen (secondary N) is 2. The van der Waals surface area contributed by atoms with Crippen LogP contribution in [0.2, 0.25) is 18.1 Å². The van der Waals surface area contributed by atoms with Crippen molar-refractivity contribution in [1.29, 1.82) is 0 Å². The van der Waals surface area contributed by atoms with Gasteiger partial charge in [0.05, 0.1) is 112 Å². The molecular formula is C95H103N25O8Si. The number of aromatic amines is 2. The zero-order valence-corrected chi connectivity index (χ0v) is 74.2. The first-order chi connectivity index (χ1) is 68.5. The maximum absolute atomic E-state index is 12.3. The number of pyridine rings is 1. The van der Waals surface area contributed by atoms with Crippen LogP contribution >= 0.6 is 0 Å². The predicted octanol–water partition coefficient (Wildman–Crippen LogP) is 16.2. The number of ether oxygens (including phenoxy) is 3. The van der Waals surface area contributed by atoms with Crippen LogP contribution in [0.15, 0.2) is 257 Å². The molecule has 3 fully saturated rings. The number of aromatic nitrogens is 24. The van der Waals surface area contributed by atoms with Crippen molar-refractivity contribution in [2.75, 3.05) is 0 Å². The molecule has 16 aromatic rings. The molecule has 10 atom stereocenters. The molecule has 3 unspecified atom stereocenters. The maximum atomic E-state index is 12.3. The molecule has 13 heterocycles. The van der Waals surface area contributed by atoms with Crippen molar-refractivity contribution < 1.29 is 39.2 Å². The summed E-state index contributed by atoms with van der Waals surface area (Å²) in [5.74, 6) is 0.620. The van der Waals surface area contributed by atoms with Gasteiger partial charge in [0.2, 0.25) is 0 Å². The molecule has 129 heavy (non-hydrogen) atoms. The Kier molecular flexibility index (Phi) is 21.8. The van der Waals surface area contributed by atoms with Crippen LogP contribution in [0, 0.1) is 47.1 Å². The summed E-state index contributed by atoms with van der Waals surface area (Å²) in [6.45, 7) is 35.7. The molecule has 3 aliphatic rings. The van der Waals surface area contributed by atoms with Crippen LogP contribution < -0.4 is 22.5 Å². The summed E-state index contributed by atoms with van der Waals surface area (Å²) in [6.07, 6.45) is 10.1. The van der Waals surface area contributed by atoms with Gasteiger partial charge < -0.3 is 18.6 Å². The zero-order valence-electron chi connectivity index (χ0n) is 88.2. The minimum Gasteiger partial charge on any atom is -0.409 e. The van der Waals surface area contributed by atoms with Crippen LogP contribution in [-0.4, -0.2) is 151 Å². The summed E-state index contributed by atoms with van der Waals surface area (Å²) in [5.41, 5.74) is 8.69. The van der Waals surface area contributed by atoms with Crippen molar-refractivity contribution in [2.45, 2.75) is 189 Å². The Morgan fingerprint density at radius 2 is 1.00 bits per heavy atom. The number of imidazole rings is 1. The van der Waals surface area contributed by atoms with Crippen molar-refractivity contribution in [2.24, 2.45) is 5.92 Å². The highest BCUT2D eigenvalue weighted by molar-refractivity contribution is 6.74. The normalized spacial score (nSPS) is 20.5. The van der Waals surface area contributed by atoms with E-state index < -0.39 is 116 Å². The van der Waals surface area contributed by atoms with Gasteiger partial charge in [0, 0.05) is 82.5 Å². The van der Waals surface area contributed by atoms with Crippen LogP contribution in [0.5, 0.6) is 0 Å². The molecule has 19 rings (SSSR count). The monoisotopic (exact) mass is 1760 g/mol. The van der Waals surface area contributed by atoms with Gasteiger partial charge in [0.25, 0.3) is 11.1 Å². The minimum absolute atomic E-state index is 0.0701. The first kappa shape index (κ1) is 71.7. The zero-order chi connectivity index (χ0) is 104. The van der Waals surface area contributed by atoms with E-state index in [2.05, 4.69) is 134 Å². The SMILES string of the molecule is [2H]c1c(-c2ccc(C)cc2)nnn1-c1ncnc2c1ncn2[C@@H]1O[C@H](CC)C(C)[C@@H]1O[Si](C)(C)C(C)(C)C.[2H]c1c(-c2ccc(C)cc2)nnn1C1C[C@H](n2cc(C)c(=O)[nH]c2=O)O[C@@H]1CC.[2H]c1c(-c2cccnc2)nnn1-c1cccc([N+]#[C-])c1.[2H]c1c([2H])c([2H])c(-c2nnn(C3C[C@H](n4cc(C)c(=O)[nH]c4=O)O[C@@H]3CC)c2[2H])c([2H])c1[2H].[2H]c1c([2H])c([2H])c(-n2nnc(-c3ccc(C)cc3)c2[2H])c([2H])c1[2H]. The highest BCUT2D eigenvalue weighted by Gasteiger charge is 2.49. The summed E-state index contributed by atoms with van der Waals surface area (Å²) >= 11 is 0. The van der Waals surface area contributed by atoms with E-state index in [9.17, 15) is 19.2 Å². The van der Waals surface area contributed by atoms with Crippen molar-refractivity contribution >= 4 is 25.2 Å². The molecule has 0 radical (unpaired) electrons. The molecule has 10 aromatic heterocycles. The van der Waals surface area contributed by atoms with Crippen molar-refractivity contribution in [3.8, 4) is 73.5 Å². The van der Waals surface area contributed by atoms with E-state index in [1.807, 2.05) is 106 Å². The summed E-state index contributed by atoms with van der Waals surface area (Å²) in [5, 5.41) is 40.8. The highest BCUT2D eigenvalue weighted by Crippen LogP contribution is 2.46. The van der Waals surface area contributed by atoms with Gasteiger partial charge in [-0.15, -0.1) is 25.5 Å². The van der Waals surface area contributed by atoms with E-state index in [1.54, 1.807) is 79.7 Å². The standard InChI is InChI=1S/C27H37N7O2Si.C20H23N5O3.C19H21N5O3.C15H13N3.C14H9N5/c1-9-21-18(3)23(36-37(7,8)27(4,5)6)26(35-21)33-16-30-22-24(33)28-15-29-25(22)34-14-20(31-32-34)19-12-10-17(2)11-13-19;1-4-17-16(9-18(28-17)24-10-13(3)19(26)21-20(24)27)25-11-15(22-23-25)14-7-5-12(2)6-8-14;1-3-16-15(24-11-14(21-22-24)13-7-5-4-6-8-13)9-17(27-16)23-10-12(2)18(25)20-19(23)26;1-12-7-9-13(10-8-12)15-11-18(17-16-15)14-5-3-2-4-6-14;1-15-12-5-2-6-13(8-12)19-10-14(17-18-19)11-4-3-7-16-9-11/h10-16,18,21,23,26H,9H2,1-8H3;5-8,10-11,16-18H,4,9H2,1-3H3,(H,21,26,27);4-8,10-11,15-17H,3,9H2,1-2H3,(H,20,25,26);2-11H,1H3;2-10H/t18?,21-,23+,26-;16?,17-,18-;15?,16-,17-;;/m111../s1/i14D;11D;4D,5D,6D,7D,8D,11D;2D,3D,4D,5D,6D,11D;10D. The van der Waals surface area contributed by atoms with Gasteiger partial charge >= 0.3 is 11.4 Å². The van der Waals surface area contributed by atoms with Crippen LogP contribution in [0.3, 0.4) is 0 Å². The van der Waals surface area contributed by atoms with Crippen molar-refractivity contribution in [3.63, 3.8) is 0 Å². The van der Waals surface area contributed by atoms with Crippen LogP contribution in [0.1, 0.15) is 160 Å². The van der Waals surface area contributed by atoms with Crippen molar-refractivity contribution in [1.82, 2.24) is 119 Å². The molecule has 33 nitrogen and oxygen atoms in total. The van der Waals surface area contributed by atoms with Gasteiger partial charge in [-0.05, 0) is 108 Å². The lowest BCUT2D eigenvalue weighted by molar-refractivity contribution is -0.0321. The first-order valence-corrected chi connectivity index (χ1v) is 44.7. The summed E-state index contributed by atoms with van der Waals surface area (Å²) in [4.78, 5) is 73.5. The van der Waals surface area contributed by atoms with Gasteiger partial charge in [0.15, 0.2) is 37.2 Å². The summed E-state index contributed by atoms with van der Waals surface area (Å²) < 4.78 is 158. The number of rotatable bonds is 18. The Hall–Kier alpha value is -14.4. The smallest absolute Gasteiger partial charge is 0.330 e. The Morgan fingerprint density at radius 3 is 1.50 bits per heavy atom. The van der Waals surface area contributed by atoms with Gasteiger partial charge in [-0.25, -0.2) is 48.1 Å². The average molecular weight is 1770 g/mol. The van der Waals surface area contributed by atoms with E-state index in [4.69, 9.17) is 45.8 Å². The lowest BCUT2D eigenvalue weighted by Gasteiger charge is -2.40. The molecule has 6 aromatic carbocycles. The fourth-order valence-corrected chi connectivity index (χ4v) is 15.8. The minimum atomic E-state index is -2.07. The highest BCUT2D eigenvalue weighted by atomic mass is 28.4. The Bertz CT molecular complexity index is 7720. The van der Waals surface area contributed by atoms with Crippen LogP contribution in [-0.2, 0) is 18.6 Å². The third kappa shape index (κ3) is 20.4. The second-order valence-electron chi connectivity index (χ2n) is 32.7. The second-order valence-corrected chi connectivity index (χ2v) is 37.4. The van der Waals surface area contributed by atoms with Gasteiger partial charge in [0.1, 0.15) is 47.3 Å². The fraction of sp³-hybridized carbons (Fsp3) is 0.316. The summed E-state index contributed by atoms with van der Waals surface area (Å²) in [6, 6.07) is 28.0. The number of para-hydroxylation sites is 1. The number of benzene rings is 6. The topological polar surface area (TPSA) is 361 Å². The number of hydrogen-bond acceptors (Lipinski definition) is 22. The van der Waals surface area contributed by atoms with E-state index >= 15 is 0 Å². The maximum Gasteiger partial charge on any atom is 0.330 e. The van der Waals surface area contributed by atoms with Gasteiger partial charge in [-0.1, -0.05) is 224 Å². The van der Waals surface area contributed by atoms with E-state index in [0.717, 1.165) is 44.5 Å². The van der Waals surface area contributed by atoms with Crippen LogP contribution in [0.4, 0.5) is 5.69 Å².